The SMILES string of the molecule is CCN(CCO)C(C)CCN(C(N)=O)c1snc(OCc2cc(F)c(C)cc2F)c1C(N)=O. The first-order chi connectivity index (χ1) is 15.6. The van der Waals surface area contributed by atoms with Crippen LogP contribution < -0.4 is 21.1 Å². The summed E-state index contributed by atoms with van der Waals surface area (Å²) in [6.07, 6.45) is 0.497. The number of aliphatic hydroxyl groups is 1. The minimum absolute atomic E-state index is 0.00452. The molecule has 182 valence electrons. The summed E-state index contributed by atoms with van der Waals surface area (Å²) < 4.78 is 37.4. The van der Waals surface area contributed by atoms with E-state index in [4.69, 9.17) is 16.2 Å². The second-order valence-corrected chi connectivity index (χ2v) is 8.25. The molecule has 2 rings (SSSR count). The Balaban J connectivity index is 2.24. The van der Waals surface area contributed by atoms with Crippen molar-refractivity contribution < 1.29 is 28.2 Å². The van der Waals surface area contributed by atoms with Gasteiger partial charge in [-0.1, -0.05) is 6.92 Å². The minimum Gasteiger partial charge on any atom is -0.471 e. The molecule has 5 N–H and O–H groups in total. The van der Waals surface area contributed by atoms with Gasteiger partial charge in [0.1, 0.15) is 28.8 Å². The maximum atomic E-state index is 14.1. The van der Waals surface area contributed by atoms with Gasteiger partial charge in [0.05, 0.1) is 6.61 Å². The molecule has 9 nitrogen and oxygen atoms in total. The number of urea groups is 1. The lowest BCUT2D eigenvalue weighted by molar-refractivity contribution is 0.0996. The van der Waals surface area contributed by atoms with E-state index in [2.05, 4.69) is 4.37 Å². The molecule has 2 aromatic rings. The first-order valence-electron chi connectivity index (χ1n) is 10.4. The highest BCUT2D eigenvalue weighted by Gasteiger charge is 2.28. The number of hydrogen-bond donors (Lipinski definition) is 3. The number of anilines is 1. The van der Waals surface area contributed by atoms with E-state index in [-0.39, 0.29) is 46.8 Å². The fraction of sp³-hybridized carbons (Fsp3) is 0.476. The van der Waals surface area contributed by atoms with Gasteiger partial charge in [-0.05, 0) is 56.0 Å². The summed E-state index contributed by atoms with van der Waals surface area (Å²) in [7, 11) is 0. The molecule has 1 aromatic heterocycles. The van der Waals surface area contributed by atoms with Crippen LogP contribution in [0, 0.1) is 18.6 Å². The van der Waals surface area contributed by atoms with Crippen LogP contribution in [0.3, 0.4) is 0 Å². The van der Waals surface area contributed by atoms with Crippen molar-refractivity contribution in [2.24, 2.45) is 11.5 Å². The van der Waals surface area contributed by atoms with Gasteiger partial charge in [0.25, 0.3) is 5.91 Å². The van der Waals surface area contributed by atoms with Crippen LogP contribution in [0.15, 0.2) is 12.1 Å². The van der Waals surface area contributed by atoms with E-state index in [9.17, 15) is 23.5 Å². The number of hydrogen-bond acceptors (Lipinski definition) is 7. The average molecular weight is 486 g/mol. The molecule has 0 saturated heterocycles. The smallest absolute Gasteiger partial charge is 0.319 e. The number of rotatable bonds is 12. The first-order valence-corrected chi connectivity index (χ1v) is 11.2. The number of halogens is 2. The Bertz CT molecular complexity index is 988. The lowest BCUT2D eigenvalue weighted by Gasteiger charge is -2.29. The standard InChI is InChI=1S/C21H29F2N5O4S/c1-4-27(7-8-29)13(3)5-6-28(21(25)31)20-17(18(24)30)19(26-33-20)32-11-14-10-15(22)12(2)9-16(14)23/h9-10,13,29H,4-8,11H2,1-3H3,(H2,24,30)(H2,25,31). The Labute approximate surface area is 195 Å². The third-order valence-corrected chi connectivity index (χ3v) is 6.13. The quantitative estimate of drug-likeness (QED) is 0.422. The molecule has 3 amide bonds. The van der Waals surface area contributed by atoms with Crippen LogP contribution in [-0.4, -0.2) is 58.6 Å². The predicted molar refractivity (Wildman–Crippen MR) is 121 cm³/mol. The molecular weight excluding hydrogens is 456 g/mol. The predicted octanol–water partition coefficient (Wildman–Crippen LogP) is 2.39. The lowest BCUT2D eigenvalue weighted by atomic mass is 10.1. The molecule has 0 aliphatic rings. The molecule has 1 aromatic carbocycles. The molecular formula is C21H29F2N5O4S. The molecule has 0 aliphatic carbocycles. The van der Waals surface area contributed by atoms with Crippen molar-refractivity contribution >= 4 is 28.5 Å². The number of carbonyl (C=O) groups excluding carboxylic acids is 2. The molecule has 0 radical (unpaired) electrons. The van der Waals surface area contributed by atoms with E-state index in [1.165, 1.54) is 11.8 Å². The highest BCUT2D eigenvalue weighted by molar-refractivity contribution is 7.11. The number of benzene rings is 1. The highest BCUT2D eigenvalue weighted by Crippen LogP contribution is 2.34. The van der Waals surface area contributed by atoms with Crippen molar-refractivity contribution in [2.75, 3.05) is 31.1 Å². The van der Waals surface area contributed by atoms with Gasteiger partial charge in [-0.15, -0.1) is 0 Å². The number of aromatic nitrogens is 1. The fourth-order valence-corrected chi connectivity index (χ4v) is 4.21. The number of aryl methyl sites for hydroxylation is 1. The van der Waals surface area contributed by atoms with E-state index in [1.807, 2.05) is 18.7 Å². The summed E-state index contributed by atoms with van der Waals surface area (Å²) in [4.78, 5) is 27.5. The van der Waals surface area contributed by atoms with Gasteiger partial charge in [0, 0.05) is 24.7 Å². The van der Waals surface area contributed by atoms with E-state index in [0.29, 0.717) is 19.5 Å². The Morgan fingerprint density at radius 1 is 1.24 bits per heavy atom. The van der Waals surface area contributed by atoms with E-state index < -0.39 is 30.2 Å². The molecule has 0 spiro atoms. The van der Waals surface area contributed by atoms with Crippen molar-refractivity contribution in [3.8, 4) is 5.88 Å². The Morgan fingerprint density at radius 3 is 2.52 bits per heavy atom. The minimum atomic E-state index is -0.904. The Kier molecular flexibility index (Phi) is 9.50. The zero-order chi connectivity index (χ0) is 24.7. The second kappa shape index (κ2) is 11.9. The zero-order valence-corrected chi connectivity index (χ0v) is 19.6. The van der Waals surface area contributed by atoms with Gasteiger partial charge in [0.15, 0.2) is 0 Å². The van der Waals surface area contributed by atoms with Crippen LogP contribution in [-0.2, 0) is 6.61 Å². The van der Waals surface area contributed by atoms with Crippen molar-refractivity contribution in [1.29, 1.82) is 0 Å². The van der Waals surface area contributed by atoms with Crippen LogP contribution in [0.4, 0.5) is 18.6 Å². The van der Waals surface area contributed by atoms with Crippen LogP contribution >= 0.6 is 11.5 Å². The summed E-state index contributed by atoms with van der Waals surface area (Å²) in [6.45, 7) is 6.30. The number of ether oxygens (including phenoxy) is 1. The average Bonchev–Trinajstić information content (AvgIpc) is 3.17. The van der Waals surface area contributed by atoms with Crippen molar-refractivity contribution in [2.45, 2.75) is 39.8 Å². The summed E-state index contributed by atoms with van der Waals surface area (Å²) in [5.74, 6) is -2.36. The first kappa shape index (κ1) is 26.4. The van der Waals surface area contributed by atoms with Crippen LogP contribution in [0.1, 0.15) is 41.8 Å². The van der Waals surface area contributed by atoms with Gasteiger partial charge < -0.3 is 21.3 Å². The van der Waals surface area contributed by atoms with Gasteiger partial charge in [-0.25, -0.2) is 13.6 Å². The van der Waals surface area contributed by atoms with Crippen molar-refractivity contribution in [3.63, 3.8) is 0 Å². The van der Waals surface area contributed by atoms with Gasteiger partial charge >= 0.3 is 6.03 Å². The summed E-state index contributed by atoms with van der Waals surface area (Å²) >= 11 is 0.790. The van der Waals surface area contributed by atoms with Gasteiger partial charge in [-0.3, -0.25) is 14.6 Å². The summed E-state index contributed by atoms with van der Waals surface area (Å²) in [5, 5.41) is 9.31. The maximum absolute atomic E-state index is 14.1. The fourth-order valence-electron chi connectivity index (χ4n) is 3.33. The van der Waals surface area contributed by atoms with E-state index in [0.717, 1.165) is 23.7 Å². The number of nitrogens with two attached hydrogens (primary N) is 2. The molecule has 0 bridgehead atoms. The molecule has 0 fully saturated rings. The number of nitrogens with zero attached hydrogens (tertiary/aromatic N) is 3. The summed E-state index contributed by atoms with van der Waals surface area (Å²) in [5.41, 5.74) is 11.0. The van der Waals surface area contributed by atoms with Crippen LogP contribution in [0.25, 0.3) is 0 Å². The molecule has 0 aliphatic heterocycles. The molecule has 0 saturated carbocycles. The van der Waals surface area contributed by atoms with Crippen LogP contribution in [0.5, 0.6) is 5.88 Å². The maximum Gasteiger partial charge on any atom is 0.319 e. The number of carbonyl (C=O) groups is 2. The van der Waals surface area contributed by atoms with E-state index >= 15 is 0 Å². The Morgan fingerprint density at radius 2 is 1.94 bits per heavy atom. The highest BCUT2D eigenvalue weighted by atomic mass is 32.1. The third-order valence-electron chi connectivity index (χ3n) is 5.28. The van der Waals surface area contributed by atoms with Gasteiger partial charge in [-0.2, -0.15) is 4.37 Å². The number of aliphatic hydroxyl groups excluding tert-OH is 1. The molecule has 12 heteroatoms. The number of likely N-dealkylation sites (N-methyl/N-ethyl adjacent to an activating group) is 1. The van der Waals surface area contributed by atoms with Crippen LogP contribution in [0.2, 0.25) is 0 Å². The monoisotopic (exact) mass is 485 g/mol. The molecule has 1 atom stereocenters. The second-order valence-electron chi connectivity index (χ2n) is 7.49. The number of amides is 3. The van der Waals surface area contributed by atoms with Crippen molar-refractivity contribution in [1.82, 2.24) is 9.27 Å². The number of primary amides is 2. The topological polar surface area (TPSA) is 135 Å². The molecule has 1 heterocycles. The normalized spacial score (nSPS) is 12.1. The zero-order valence-electron chi connectivity index (χ0n) is 18.8. The molecule has 1 unspecified atom stereocenters. The lowest BCUT2D eigenvalue weighted by Crippen LogP contribution is -2.41. The Hall–Kier alpha value is -2.83. The summed E-state index contributed by atoms with van der Waals surface area (Å²) in [6, 6.07) is 1.26. The van der Waals surface area contributed by atoms with Crippen molar-refractivity contribution in [3.05, 3.63) is 40.5 Å². The third kappa shape index (κ3) is 6.59. The van der Waals surface area contributed by atoms with E-state index in [1.54, 1.807) is 0 Å². The largest absolute Gasteiger partial charge is 0.471 e. The molecule has 33 heavy (non-hydrogen) atoms. The van der Waals surface area contributed by atoms with Gasteiger partial charge in [0.2, 0.25) is 5.88 Å².